The number of hydrogen-bond donors (Lipinski definition) is 2. The summed E-state index contributed by atoms with van der Waals surface area (Å²) in [5, 5.41) is 5.30. The minimum Gasteiger partial charge on any atom is -0.357 e. The van der Waals surface area contributed by atoms with Gasteiger partial charge in [-0.15, -0.1) is 0 Å². The third-order valence-corrected chi connectivity index (χ3v) is 4.84. The molecule has 0 atom stereocenters. The molecule has 0 aliphatic rings. The molecule has 7 heteroatoms. The van der Waals surface area contributed by atoms with Gasteiger partial charge in [0.1, 0.15) is 0 Å². The largest absolute Gasteiger partial charge is 0.357 e. The van der Waals surface area contributed by atoms with E-state index in [0.29, 0.717) is 0 Å². The van der Waals surface area contributed by atoms with E-state index in [9.17, 15) is 8.42 Å². The highest BCUT2D eigenvalue weighted by Crippen LogP contribution is 2.16. The number of sulfonamides is 1. The van der Waals surface area contributed by atoms with Crippen molar-refractivity contribution in [2.75, 3.05) is 0 Å². The van der Waals surface area contributed by atoms with Crippen molar-refractivity contribution in [1.29, 1.82) is 0 Å². The predicted octanol–water partition coefficient (Wildman–Crippen LogP) is 2.42. The number of benzene rings is 1. The van der Waals surface area contributed by atoms with Crippen LogP contribution in [-0.2, 0) is 16.6 Å². The fourth-order valence-corrected chi connectivity index (χ4v) is 3.62. The number of para-hydroxylation sites is 1. The number of H-pyrrole nitrogens is 1. The summed E-state index contributed by atoms with van der Waals surface area (Å²) in [5.74, 6) is 0. The van der Waals surface area contributed by atoms with Crippen LogP contribution in [-0.4, -0.2) is 23.2 Å². The zero-order chi connectivity index (χ0) is 15.7. The van der Waals surface area contributed by atoms with Crippen LogP contribution in [0.25, 0.3) is 10.9 Å². The van der Waals surface area contributed by atoms with Gasteiger partial charge in [0.25, 0.3) is 10.0 Å². The molecule has 0 amide bonds. The molecule has 1 aromatic carbocycles. The van der Waals surface area contributed by atoms with Crippen LogP contribution in [0, 0.1) is 0 Å². The van der Waals surface area contributed by atoms with E-state index in [0.717, 1.165) is 16.6 Å². The Balaban J connectivity index is 1.81. The summed E-state index contributed by atoms with van der Waals surface area (Å²) in [5.41, 5.74) is 1.81. The summed E-state index contributed by atoms with van der Waals surface area (Å²) in [4.78, 5) is 3.20. The van der Waals surface area contributed by atoms with Gasteiger partial charge in [0.15, 0.2) is 5.03 Å². The van der Waals surface area contributed by atoms with Gasteiger partial charge < -0.3 is 4.98 Å². The van der Waals surface area contributed by atoms with E-state index in [1.54, 1.807) is 0 Å². The van der Waals surface area contributed by atoms with E-state index in [1.165, 1.54) is 16.9 Å². The first-order chi connectivity index (χ1) is 10.5. The average Bonchev–Trinajstić information content (AvgIpc) is 3.11. The van der Waals surface area contributed by atoms with Crippen LogP contribution in [0.2, 0.25) is 0 Å². The number of fused-ring (bicyclic) bond motifs is 1. The highest BCUT2D eigenvalue weighted by atomic mass is 32.2. The summed E-state index contributed by atoms with van der Waals surface area (Å²) in [6, 6.07) is 11.3. The number of hydrogen-bond acceptors (Lipinski definition) is 3. The zero-order valence-electron chi connectivity index (χ0n) is 12.4. The first kappa shape index (κ1) is 14.8. The fraction of sp³-hybridized carbons (Fsp3) is 0.267. The van der Waals surface area contributed by atoms with E-state index in [1.807, 2.05) is 44.2 Å². The van der Waals surface area contributed by atoms with Crippen molar-refractivity contribution in [3.63, 3.8) is 0 Å². The molecule has 6 nitrogen and oxygen atoms in total. The number of aromatic nitrogens is 3. The Hall–Kier alpha value is -2.12. The molecule has 2 aromatic heterocycles. The maximum absolute atomic E-state index is 12.4. The lowest BCUT2D eigenvalue weighted by atomic mass is 10.2. The topological polar surface area (TPSA) is 79.8 Å². The minimum atomic E-state index is -3.60. The molecule has 2 N–H and O–H groups in total. The number of nitrogens with one attached hydrogen (secondary N) is 2. The minimum absolute atomic E-state index is 0.0188. The monoisotopic (exact) mass is 318 g/mol. The Bertz CT molecular complexity index is 860. The van der Waals surface area contributed by atoms with Crippen LogP contribution < -0.4 is 4.72 Å². The lowest BCUT2D eigenvalue weighted by Crippen LogP contribution is -2.26. The summed E-state index contributed by atoms with van der Waals surface area (Å²) in [6.45, 7) is 3.99. The molecule has 0 bridgehead atoms. The Morgan fingerprint density at radius 2 is 2.05 bits per heavy atom. The first-order valence-corrected chi connectivity index (χ1v) is 8.55. The van der Waals surface area contributed by atoms with E-state index < -0.39 is 10.0 Å². The molecule has 0 fully saturated rings. The van der Waals surface area contributed by atoms with Gasteiger partial charge in [-0.25, -0.2) is 13.1 Å². The van der Waals surface area contributed by atoms with Crippen molar-refractivity contribution in [3.05, 3.63) is 48.3 Å². The maximum Gasteiger partial charge on any atom is 0.258 e. The smallest absolute Gasteiger partial charge is 0.258 e. The standard InChI is InChI=1S/C15H18N4O2S/c1-11(2)19-15(7-8-16-19)22(20,21)17-10-13-9-12-5-3-4-6-14(12)18-13/h3-9,11,17-18H,10H2,1-2H3. The Morgan fingerprint density at radius 1 is 1.27 bits per heavy atom. The fourth-order valence-electron chi connectivity index (χ4n) is 2.38. The molecule has 0 spiro atoms. The number of nitrogens with zero attached hydrogens (tertiary/aromatic N) is 2. The normalized spacial score (nSPS) is 12.3. The van der Waals surface area contributed by atoms with Crippen LogP contribution in [0.5, 0.6) is 0 Å². The third kappa shape index (κ3) is 2.77. The SMILES string of the molecule is CC(C)n1nccc1S(=O)(=O)NCc1cc2ccccc2[nH]1. The molecule has 0 aliphatic carbocycles. The molecule has 0 saturated carbocycles. The van der Waals surface area contributed by atoms with Gasteiger partial charge in [-0.2, -0.15) is 5.10 Å². The number of rotatable bonds is 5. The molecule has 22 heavy (non-hydrogen) atoms. The van der Waals surface area contributed by atoms with Crippen molar-refractivity contribution in [2.24, 2.45) is 0 Å². The van der Waals surface area contributed by atoms with Crippen LogP contribution >= 0.6 is 0 Å². The molecule has 3 aromatic rings. The molecule has 2 heterocycles. The van der Waals surface area contributed by atoms with Gasteiger partial charge in [0.2, 0.25) is 0 Å². The van der Waals surface area contributed by atoms with Crippen molar-refractivity contribution in [3.8, 4) is 0 Å². The summed E-state index contributed by atoms with van der Waals surface area (Å²) >= 11 is 0. The number of aromatic amines is 1. The van der Waals surface area contributed by atoms with Gasteiger partial charge in [0, 0.05) is 17.3 Å². The van der Waals surface area contributed by atoms with Gasteiger partial charge in [-0.1, -0.05) is 18.2 Å². The van der Waals surface area contributed by atoms with Crippen molar-refractivity contribution < 1.29 is 8.42 Å². The molecule has 0 radical (unpaired) electrons. The van der Waals surface area contributed by atoms with E-state index in [4.69, 9.17) is 0 Å². The van der Waals surface area contributed by atoms with Gasteiger partial charge in [-0.05, 0) is 37.4 Å². The second-order valence-corrected chi connectivity index (χ2v) is 7.13. The molecule has 0 aliphatic heterocycles. The van der Waals surface area contributed by atoms with Crippen LogP contribution in [0.3, 0.4) is 0 Å². The Morgan fingerprint density at radius 3 is 2.77 bits per heavy atom. The quantitative estimate of drug-likeness (QED) is 0.758. The summed E-state index contributed by atoms with van der Waals surface area (Å²) in [6.07, 6.45) is 1.50. The molecule has 116 valence electrons. The van der Waals surface area contributed by atoms with E-state index in [-0.39, 0.29) is 17.6 Å². The van der Waals surface area contributed by atoms with Gasteiger partial charge in [-0.3, -0.25) is 4.68 Å². The van der Waals surface area contributed by atoms with E-state index in [2.05, 4.69) is 14.8 Å². The van der Waals surface area contributed by atoms with Crippen LogP contribution in [0.4, 0.5) is 0 Å². The van der Waals surface area contributed by atoms with Crippen molar-refractivity contribution in [2.45, 2.75) is 31.5 Å². The van der Waals surface area contributed by atoms with Crippen LogP contribution in [0.1, 0.15) is 25.6 Å². The molecule has 3 rings (SSSR count). The van der Waals surface area contributed by atoms with Crippen LogP contribution in [0.15, 0.2) is 47.6 Å². The maximum atomic E-state index is 12.4. The Labute approximate surface area is 129 Å². The van der Waals surface area contributed by atoms with Crippen molar-refractivity contribution in [1.82, 2.24) is 19.5 Å². The molecular weight excluding hydrogens is 300 g/mol. The highest BCUT2D eigenvalue weighted by Gasteiger charge is 2.20. The second kappa shape index (κ2) is 5.58. The lowest BCUT2D eigenvalue weighted by Gasteiger charge is -2.11. The highest BCUT2D eigenvalue weighted by molar-refractivity contribution is 7.89. The zero-order valence-corrected chi connectivity index (χ0v) is 13.3. The summed E-state index contributed by atoms with van der Waals surface area (Å²) < 4.78 is 29.0. The third-order valence-electron chi connectivity index (χ3n) is 3.44. The lowest BCUT2D eigenvalue weighted by molar-refractivity contribution is 0.475. The average molecular weight is 318 g/mol. The van der Waals surface area contributed by atoms with Gasteiger partial charge in [0.05, 0.1) is 12.7 Å². The Kier molecular flexibility index (Phi) is 3.76. The van der Waals surface area contributed by atoms with E-state index >= 15 is 0 Å². The first-order valence-electron chi connectivity index (χ1n) is 7.07. The van der Waals surface area contributed by atoms with Crippen molar-refractivity contribution >= 4 is 20.9 Å². The van der Waals surface area contributed by atoms with Gasteiger partial charge >= 0.3 is 0 Å². The summed E-state index contributed by atoms with van der Waals surface area (Å²) in [7, 11) is -3.60. The molecule has 0 unspecified atom stereocenters. The molecular formula is C15H18N4O2S. The predicted molar refractivity (Wildman–Crippen MR) is 84.9 cm³/mol. The molecule has 0 saturated heterocycles. The second-order valence-electron chi connectivity index (χ2n) is 5.41.